The normalized spacial score (nSPS) is 20.0. The summed E-state index contributed by atoms with van der Waals surface area (Å²) < 4.78 is 5.93. The first kappa shape index (κ1) is 15.3. The van der Waals surface area contributed by atoms with Gasteiger partial charge in [0.25, 0.3) is 0 Å². The van der Waals surface area contributed by atoms with E-state index in [1.807, 2.05) is 30.3 Å². The van der Waals surface area contributed by atoms with E-state index in [2.05, 4.69) is 9.88 Å². The van der Waals surface area contributed by atoms with Crippen molar-refractivity contribution in [3.63, 3.8) is 0 Å². The maximum absolute atomic E-state index is 10.4. The van der Waals surface area contributed by atoms with Gasteiger partial charge in [-0.05, 0) is 24.6 Å². The molecule has 1 fully saturated rings. The zero-order chi connectivity index (χ0) is 15.4. The first-order chi connectivity index (χ1) is 10.7. The summed E-state index contributed by atoms with van der Waals surface area (Å²) in [5.74, 6) is 0.841. The monoisotopic (exact) mass is 318 g/mol. The van der Waals surface area contributed by atoms with E-state index in [-0.39, 0.29) is 6.10 Å². The molecule has 0 aliphatic carbocycles. The van der Waals surface area contributed by atoms with Gasteiger partial charge in [-0.25, -0.2) is 0 Å². The molecule has 22 heavy (non-hydrogen) atoms. The summed E-state index contributed by atoms with van der Waals surface area (Å²) in [6.45, 7) is 2.29. The number of aliphatic hydroxyl groups is 1. The fourth-order valence-electron chi connectivity index (χ4n) is 2.76. The second kappa shape index (κ2) is 7.09. The maximum Gasteiger partial charge on any atom is 0.122 e. The number of pyridine rings is 1. The van der Waals surface area contributed by atoms with Gasteiger partial charge in [0.2, 0.25) is 0 Å². The molecule has 0 radical (unpaired) electrons. The van der Waals surface area contributed by atoms with Crippen molar-refractivity contribution in [3.05, 3.63) is 59.4 Å². The number of β-amino-alcohol motifs (C(OH)–C–C–N with tert-alkyl or cyclic N) is 1. The number of aliphatic hydroxyl groups excluding tert-OH is 1. The number of aromatic nitrogens is 1. The van der Waals surface area contributed by atoms with Crippen molar-refractivity contribution >= 4 is 11.6 Å². The van der Waals surface area contributed by atoms with E-state index in [0.29, 0.717) is 11.6 Å². The van der Waals surface area contributed by atoms with E-state index in [4.69, 9.17) is 16.3 Å². The number of rotatable bonds is 5. The summed E-state index contributed by atoms with van der Waals surface area (Å²) >= 11 is 6.13. The van der Waals surface area contributed by atoms with E-state index in [1.165, 1.54) is 0 Å². The van der Waals surface area contributed by atoms with Crippen molar-refractivity contribution in [1.82, 2.24) is 9.88 Å². The number of halogens is 1. The van der Waals surface area contributed by atoms with E-state index >= 15 is 0 Å². The molecule has 0 amide bonds. The number of hydrogen-bond acceptors (Lipinski definition) is 4. The van der Waals surface area contributed by atoms with E-state index in [1.54, 1.807) is 18.5 Å². The van der Waals surface area contributed by atoms with Crippen LogP contribution in [0.5, 0.6) is 5.75 Å². The van der Waals surface area contributed by atoms with Crippen LogP contribution in [0.2, 0.25) is 5.02 Å². The highest BCUT2D eigenvalue weighted by Gasteiger charge is 2.26. The number of hydrogen-bond donors (Lipinski definition) is 1. The summed E-state index contributed by atoms with van der Waals surface area (Å²) in [6, 6.07) is 11.2. The predicted octanol–water partition coefficient (Wildman–Crippen LogP) is 2.92. The minimum absolute atomic E-state index is 0.154. The molecule has 5 heteroatoms. The standard InChI is InChI=1S/C17H19ClN2O2/c18-16-4-2-1-3-15(16)17(21)12-20-10-7-14(11-20)22-13-5-8-19-9-6-13/h1-6,8-9,14,17,21H,7,10-12H2. The molecule has 1 N–H and O–H groups in total. The van der Waals surface area contributed by atoms with Crippen LogP contribution in [-0.4, -0.2) is 40.7 Å². The number of nitrogens with zero attached hydrogens (tertiary/aromatic N) is 2. The lowest BCUT2D eigenvalue weighted by atomic mass is 10.1. The largest absolute Gasteiger partial charge is 0.489 e. The third-order valence-electron chi connectivity index (χ3n) is 3.88. The van der Waals surface area contributed by atoms with Gasteiger partial charge in [0.05, 0.1) is 6.10 Å². The summed E-state index contributed by atoms with van der Waals surface area (Å²) in [5.41, 5.74) is 0.780. The molecule has 2 unspecified atom stereocenters. The zero-order valence-corrected chi connectivity index (χ0v) is 13.0. The smallest absolute Gasteiger partial charge is 0.122 e. The Kier molecular flexibility index (Phi) is 4.93. The highest BCUT2D eigenvalue weighted by atomic mass is 35.5. The molecule has 0 bridgehead atoms. The Morgan fingerprint density at radius 3 is 2.82 bits per heavy atom. The molecule has 0 spiro atoms. The average molecular weight is 319 g/mol. The topological polar surface area (TPSA) is 45.6 Å². The Morgan fingerprint density at radius 2 is 2.05 bits per heavy atom. The van der Waals surface area contributed by atoms with Crippen LogP contribution in [0.3, 0.4) is 0 Å². The third kappa shape index (κ3) is 3.77. The van der Waals surface area contributed by atoms with Crippen LogP contribution in [-0.2, 0) is 0 Å². The van der Waals surface area contributed by atoms with Crippen LogP contribution in [0, 0.1) is 0 Å². The van der Waals surface area contributed by atoms with Gasteiger partial charge in [0, 0.05) is 42.6 Å². The molecule has 1 aliphatic heterocycles. The van der Waals surface area contributed by atoms with Crippen LogP contribution < -0.4 is 4.74 Å². The summed E-state index contributed by atoms with van der Waals surface area (Å²) in [6.07, 6.45) is 3.98. The first-order valence-corrected chi connectivity index (χ1v) is 7.81. The molecule has 4 nitrogen and oxygen atoms in total. The van der Waals surface area contributed by atoms with Crippen molar-refractivity contribution in [2.45, 2.75) is 18.6 Å². The molecular weight excluding hydrogens is 300 g/mol. The highest BCUT2D eigenvalue weighted by molar-refractivity contribution is 6.31. The lowest BCUT2D eigenvalue weighted by Gasteiger charge is -2.21. The SMILES string of the molecule is OC(CN1CCC(Oc2ccncc2)C1)c1ccccc1Cl. The second-order valence-electron chi connectivity index (χ2n) is 5.51. The Morgan fingerprint density at radius 1 is 1.27 bits per heavy atom. The van der Waals surface area contributed by atoms with Gasteiger partial charge in [-0.1, -0.05) is 29.8 Å². The lowest BCUT2D eigenvalue weighted by molar-refractivity contribution is 0.117. The van der Waals surface area contributed by atoms with Gasteiger partial charge in [-0.15, -0.1) is 0 Å². The van der Waals surface area contributed by atoms with Crippen LogP contribution in [0.25, 0.3) is 0 Å². The minimum Gasteiger partial charge on any atom is -0.489 e. The van der Waals surface area contributed by atoms with E-state index in [0.717, 1.165) is 30.8 Å². The molecule has 1 aromatic carbocycles. The van der Waals surface area contributed by atoms with E-state index < -0.39 is 6.10 Å². The third-order valence-corrected chi connectivity index (χ3v) is 4.22. The molecule has 1 aromatic heterocycles. The van der Waals surface area contributed by atoms with Crippen molar-refractivity contribution in [1.29, 1.82) is 0 Å². The number of likely N-dealkylation sites (tertiary alicyclic amines) is 1. The first-order valence-electron chi connectivity index (χ1n) is 7.44. The van der Waals surface area contributed by atoms with Crippen LogP contribution in [0.15, 0.2) is 48.8 Å². The molecule has 2 heterocycles. The Balaban J connectivity index is 1.54. The molecule has 116 valence electrons. The van der Waals surface area contributed by atoms with Crippen LogP contribution in [0.4, 0.5) is 0 Å². The second-order valence-corrected chi connectivity index (χ2v) is 5.92. The van der Waals surface area contributed by atoms with Crippen molar-refractivity contribution < 1.29 is 9.84 Å². The van der Waals surface area contributed by atoms with Gasteiger partial charge in [0.15, 0.2) is 0 Å². The Labute approximate surface area is 135 Å². The van der Waals surface area contributed by atoms with Gasteiger partial charge in [-0.3, -0.25) is 9.88 Å². The highest BCUT2D eigenvalue weighted by Crippen LogP contribution is 2.25. The number of ether oxygens (including phenoxy) is 1. The van der Waals surface area contributed by atoms with E-state index in [9.17, 15) is 5.11 Å². The fourth-order valence-corrected chi connectivity index (χ4v) is 3.02. The maximum atomic E-state index is 10.4. The van der Waals surface area contributed by atoms with Crippen LogP contribution in [0.1, 0.15) is 18.1 Å². The zero-order valence-electron chi connectivity index (χ0n) is 12.2. The summed E-state index contributed by atoms with van der Waals surface area (Å²) in [7, 11) is 0. The molecule has 2 atom stereocenters. The molecule has 2 aromatic rings. The van der Waals surface area contributed by atoms with Crippen molar-refractivity contribution in [2.75, 3.05) is 19.6 Å². The molecule has 0 saturated carbocycles. The van der Waals surface area contributed by atoms with Gasteiger partial charge in [-0.2, -0.15) is 0 Å². The average Bonchev–Trinajstić information content (AvgIpc) is 2.95. The van der Waals surface area contributed by atoms with Gasteiger partial charge < -0.3 is 9.84 Å². The van der Waals surface area contributed by atoms with Gasteiger partial charge in [0.1, 0.15) is 11.9 Å². The molecule has 1 aliphatic rings. The van der Waals surface area contributed by atoms with Crippen molar-refractivity contribution in [2.24, 2.45) is 0 Å². The quantitative estimate of drug-likeness (QED) is 0.920. The van der Waals surface area contributed by atoms with Gasteiger partial charge >= 0.3 is 0 Å². The summed E-state index contributed by atoms with van der Waals surface area (Å²) in [4.78, 5) is 6.19. The van der Waals surface area contributed by atoms with Crippen molar-refractivity contribution in [3.8, 4) is 5.75 Å². The molecule has 1 saturated heterocycles. The van der Waals surface area contributed by atoms with Crippen LogP contribution >= 0.6 is 11.6 Å². The molecular formula is C17H19ClN2O2. The molecule has 3 rings (SSSR count). The Hall–Kier alpha value is -1.62. The number of benzene rings is 1. The predicted molar refractivity (Wildman–Crippen MR) is 86.1 cm³/mol. The fraction of sp³-hybridized carbons (Fsp3) is 0.353. The Bertz CT molecular complexity index is 609. The lowest BCUT2D eigenvalue weighted by Crippen LogP contribution is -2.29. The minimum atomic E-state index is -0.576. The summed E-state index contributed by atoms with van der Waals surface area (Å²) in [5, 5.41) is 11.0.